The largest absolute Gasteiger partial charge is 0.377 e. The summed E-state index contributed by atoms with van der Waals surface area (Å²) in [5, 5.41) is 1.03. The van der Waals surface area contributed by atoms with Gasteiger partial charge in [0.05, 0.1) is 32.2 Å². The Morgan fingerprint density at radius 3 is 3.17 bits per heavy atom. The highest BCUT2D eigenvalue weighted by Gasteiger charge is 2.36. The first-order valence-electron chi connectivity index (χ1n) is 8.02. The summed E-state index contributed by atoms with van der Waals surface area (Å²) < 4.78 is 6.43. The SMILES string of the molecule is O=C(Cc1c[nH]c2ccc(Br)cc12)N1CC(=O)N2CCOCC2C1. The van der Waals surface area contributed by atoms with Crippen LogP contribution in [0.4, 0.5) is 0 Å². The van der Waals surface area contributed by atoms with Gasteiger partial charge in [-0.1, -0.05) is 15.9 Å². The van der Waals surface area contributed by atoms with Crippen molar-refractivity contribution in [3.8, 4) is 0 Å². The second-order valence-electron chi connectivity index (χ2n) is 6.27. The molecule has 24 heavy (non-hydrogen) atoms. The zero-order valence-corrected chi connectivity index (χ0v) is 14.7. The van der Waals surface area contributed by atoms with Crippen molar-refractivity contribution in [2.75, 3.05) is 32.8 Å². The molecular weight excluding hydrogens is 374 g/mol. The van der Waals surface area contributed by atoms with Gasteiger partial charge in [-0.2, -0.15) is 0 Å². The number of aromatic amines is 1. The van der Waals surface area contributed by atoms with Gasteiger partial charge in [-0.3, -0.25) is 9.59 Å². The Morgan fingerprint density at radius 2 is 2.29 bits per heavy atom. The molecule has 1 N–H and O–H groups in total. The molecule has 7 heteroatoms. The fourth-order valence-corrected chi connectivity index (χ4v) is 3.83. The average Bonchev–Trinajstić information content (AvgIpc) is 2.97. The van der Waals surface area contributed by atoms with Crippen LogP contribution in [0.1, 0.15) is 5.56 Å². The van der Waals surface area contributed by atoms with Gasteiger partial charge in [0, 0.05) is 34.7 Å². The van der Waals surface area contributed by atoms with Crippen molar-refractivity contribution >= 4 is 38.6 Å². The second kappa shape index (κ2) is 6.22. The summed E-state index contributed by atoms with van der Waals surface area (Å²) in [6.45, 7) is 2.44. The molecular formula is C17H18BrN3O3. The van der Waals surface area contributed by atoms with Crippen molar-refractivity contribution in [1.82, 2.24) is 14.8 Å². The van der Waals surface area contributed by atoms with Gasteiger partial charge in [-0.25, -0.2) is 0 Å². The number of halogens is 1. The third kappa shape index (κ3) is 2.82. The summed E-state index contributed by atoms with van der Waals surface area (Å²) in [4.78, 5) is 31.7. The minimum atomic E-state index is -0.0190. The van der Waals surface area contributed by atoms with E-state index >= 15 is 0 Å². The average molecular weight is 392 g/mol. The summed E-state index contributed by atoms with van der Waals surface area (Å²) in [7, 11) is 0. The van der Waals surface area contributed by atoms with Crippen molar-refractivity contribution in [3.63, 3.8) is 0 Å². The van der Waals surface area contributed by atoms with Crippen LogP contribution in [0.5, 0.6) is 0 Å². The number of nitrogens with one attached hydrogen (secondary N) is 1. The van der Waals surface area contributed by atoms with E-state index in [0.717, 1.165) is 20.9 Å². The molecule has 1 unspecified atom stereocenters. The number of benzene rings is 1. The van der Waals surface area contributed by atoms with Gasteiger partial charge in [0.2, 0.25) is 11.8 Å². The van der Waals surface area contributed by atoms with Gasteiger partial charge < -0.3 is 19.5 Å². The lowest BCUT2D eigenvalue weighted by molar-refractivity contribution is -0.155. The van der Waals surface area contributed by atoms with E-state index in [1.165, 1.54) is 0 Å². The Balaban J connectivity index is 1.51. The lowest BCUT2D eigenvalue weighted by Crippen LogP contribution is -2.62. The Labute approximate surface area is 147 Å². The maximum Gasteiger partial charge on any atom is 0.242 e. The fourth-order valence-electron chi connectivity index (χ4n) is 3.47. The topological polar surface area (TPSA) is 65.6 Å². The van der Waals surface area contributed by atoms with E-state index in [1.807, 2.05) is 29.3 Å². The Kier molecular flexibility index (Phi) is 4.05. The first-order valence-corrected chi connectivity index (χ1v) is 8.81. The van der Waals surface area contributed by atoms with Crippen LogP contribution >= 0.6 is 15.9 Å². The van der Waals surface area contributed by atoms with E-state index in [-0.39, 0.29) is 30.8 Å². The molecule has 6 nitrogen and oxygen atoms in total. The predicted molar refractivity (Wildman–Crippen MR) is 92.6 cm³/mol. The number of nitrogens with zero attached hydrogens (tertiary/aromatic N) is 2. The molecule has 3 heterocycles. The third-order valence-corrected chi connectivity index (χ3v) is 5.22. The van der Waals surface area contributed by atoms with Crippen molar-refractivity contribution in [2.45, 2.75) is 12.5 Å². The Bertz CT molecular complexity index is 803. The van der Waals surface area contributed by atoms with Gasteiger partial charge in [0.1, 0.15) is 0 Å². The summed E-state index contributed by atoms with van der Waals surface area (Å²) in [6.07, 6.45) is 2.16. The first-order chi connectivity index (χ1) is 11.6. The predicted octanol–water partition coefficient (Wildman–Crippen LogP) is 1.54. The third-order valence-electron chi connectivity index (χ3n) is 4.73. The molecule has 2 amide bonds. The van der Waals surface area contributed by atoms with E-state index in [2.05, 4.69) is 20.9 Å². The zero-order valence-electron chi connectivity index (χ0n) is 13.1. The lowest BCUT2D eigenvalue weighted by atomic mass is 10.1. The van der Waals surface area contributed by atoms with Crippen LogP contribution < -0.4 is 0 Å². The highest BCUT2D eigenvalue weighted by molar-refractivity contribution is 9.10. The lowest BCUT2D eigenvalue weighted by Gasteiger charge is -2.43. The quantitative estimate of drug-likeness (QED) is 0.844. The van der Waals surface area contributed by atoms with Crippen LogP contribution in [0, 0.1) is 0 Å². The number of carbonyl (C=O) groups is 2. The van der Waals surface area contributed by atoms with E-state index in [1.54, 1.807) is 4.90 Å². The molecule has 1 aromatic carbocycles. The number of hydrogen-bond donors (Lipinski definition) is 1. The highest BCUT2D eigenvalue weighted by atomic mass is 79.9. The summed E-state index contributed by atoms with van der Waals surface area (Å²) in [5.74, 6) is -0.000907. The zero-order chi connectivity index (χ0) is 16.7. The van der Waals surface area contributed by atoms with E-state index in [0.29, 0.717) is 26.3 Å². The van der Waals surface area contributed by atoms with Gasteiger partial charge >= 0.3 is 0 Å². The van der Waals surface area contributed by atoms with Crippen LogP contribution in [-0.2, 0) is 20.7 Å². The van der Waals surface area contributed by atoms with Crippen LogP contribution in [0.2, 0.25) is 0 Å². The van der Waals surface area contributed by atoms with Crippen LogP contribution in [0.25, 0.3) is 10.9 Å². The molecule has 126 valence electrons. The normalized spacial score (nSPS) is 21.2. The van der Waals surface area contributed by atoms with E-state index in [9.17, 15) is 9.59 Å². The van der Waals surface area contributed by atoms with Crippen molar-refractivity contribution < 1.29 is 14.3 Å². The van der Waals surface area contributed by atoms with Crippen LogP contribution in [0.3, 0.4) is 0 Å². The number of rotatable bonds is 2. The van der Waals surface area contributed by atoms with Crippen molar-refractivity contribution in [1.29, 1.82) is 0 Å². The van der Waals surface area contributed by atoms with Crippen molar-refractivity contribution in [3.05, 3.63) is 34.4 Å². The molecule has 0 spiro atoms. The van der Waals surface area contributed by atoms with E-state index < -0.39 is 0 Å². The standard InChI is InChI=1S/C17H18BrN3O3/c18-12-1-2-15-14(6-12)11(7-19-15)5-16(22)20-8-13-10-24-4-3-21(13)17(23)9-20/h1-2,6-7,13,19H,3-5,8-10H2. The molecule has 1 atom stereocenters. The van der Waals surface area contributed by atoms with Crippen molar-refractivity contribution in [2.24, 2.45) is 0 Å². The molecule has 0 aliphatic carbocycles. The number of H-pyrrole nitrogens is 1. The molecule has 0 bridgehead atoms. The van der Waals surface area contributed by atoms with Gasteiger partial charge in [-0.05, 0) is 23.8 Å². The molecule has 4 rings (SSSR count). The number of aromatic nitrogens is 1. The van der Waals surface area contributed by atoms with Gasteiger partial charge in [-0.15, -0.1) is 0 Å². The molecule has 1 aromatic heterocycles. The van der Waals surface area contributed by atoms with Crippen LogP contribution in [0.15, 0.2) is 28.9 Å². The summed E-state index contributed by atoms with van der Waals surface area (Å²) >= 11 is 3.47. The molecule has 0 saturated carbocycles. The molecule has 2 aliphatic rings. The minimum Gasteiger partial charge on any atom is -0.377 e. The number of morpholine rings is 1. The number of carbonyl (C=O) groups excluding carboxylic acids is 2. The Morgan fingerprint density at radius 1 is 1.42 bits per heavy atom. The number of ether oxygens (including phenoxy) is 1. The van der Waals surface area contributed by atoms with Gasteiger partial charge in [0.15, 0.2) is 0 Å². The maximum absolute atomic E-state index is 12.7. The number of hydrogen-bond acceptors (Lipinski definition) is 3. The van der Waals surface area contributed by atoms with Crippen LogP contribution in [-0.4, -0.2) is 65.5 Å². The monoisotopic (exact) mass is 391 g/mol. The Hall–Kier alpha value is -1.86. The van der Waals surface area contributed by atoms with Gasteiger partial charge in [0.25, 0.3) is 0 Å². The summed E-state index contributed by atoms with van der Waals surface area (Å²) in [6, 6.07) is 5.94. The molecule has 0 radical (unpaired) electrons. The second-order valence-corrected chi connectivity index (χ2v) is 7.19. The smallest absolute Gasteiger partial charge is 0.242 e. The minimum absolute atomic E-state index is 0.0129. The number of piperazine rings is 1. The highest BCUT2D eigenvalue weighted by Crippen LogP contribution is 2.24. The molecule has 2 saturated heterocycles. The maximum atomic E-state index is 12.7. The summed E-state index contributed by atoms with van der Waals surface area (Å²) in [5.41, 5.74) is 1.95. The molecule has 2 aliphatic heterocycles. The molecule has 2 aromatic rings. The fraction of sp³-hybridized carbons (Fsp3) is 0.412. The first kappa shape index (κ1) is 15.7. The number of amides is 2. The van der Waals surface area contributed by atoms with E-state index in [4.69, 9.17) is 4.74 Å². The molecule has 2 fully saturated rings. The number of fused-ring (bicyclic) bond motifs is 2.